The SMILES string of the molecule is Nc1nc(NCCn2ccnn2)c2ccsc2n1. The van der Waals surface area contributed by atoms with Crippen molar-refractivity contribution in [1.29, 1.82) is 0 Å². The summed E-state index contributed by atoms with van der Waals surface area (Å²) >= 11 is 1.55. The largest absolute Gasteiger partial charge is 0.368 e. The number of nitrogens with zero attached hydrogens (tertiary/aromatic N) is 5. The van der Waals surface area contributed by atoms with Crippen molar-refractivity contribution in [2.45, 2.75) is 6.54 Å². The van der Waals surface area contributed by atoms with E-state index in [0.29, 0.717) is 6.54 Å². The second kappa shape index (κ2) is 4.57. The standard InChI is InChI=1S/C10H11N7S/c11-10-14-8(7-1-6-18-9(7)15-10)12-2-4-17-5-3-13-16-17/h1,3,5-6H,2,4H2,(H3,11,12,14,15). The first-order chi connectivity index (χ1) is 8.83. The Balaban J connectivity index is 1.75. The smallest absolute Gasteiger partial charge is 0.223 e. The second-order valence-electron chi connectivity index (χ2n) is 3.66. The van der Waals surface area contributed by atoms with Crippen molar-refractivity contribution in [1.82, 2.24) is 25.0 Å². The van der Waals surface area contributed by atoms with E-state index in [1.807, 2.05) is 17.6 Å². The molecule has 3 rings (SSSR count). The highest BCUT2D eigenvalue weighted by atomic mass is 32.1. The van der Waals surface area contributed by atoms with Crippen molar-refractivity contribution in [3.63, 3.8) is 0 Å². The summed E-state index contributed by atoms with van der Waals surface area (Å²) in [6.07, 6.45) is 3.47. The maximum absolute atomic E-state index is 5.67. The molecule has 7 nitrogen and oxygen atoms in total. The molecule has 8 heteroatoms. The van der Waals surface area contributed by atoms with Gasteiger partial charge in [0.05, 0.1) is 18.1 Å². The van der Waals surface area contributed by atoms with Crippen LogP contribution in [0.4, 0.5) is 11.8 Å². The summed E-state index contributed by atoms with van der Waals surface area (Å²) in [5.74, 6) is 1.05. The second-order valence-corrected chi connectivity index (χ2v) is 4.56. The van der Waals surface area contributed by atoms with Gasteiger partial charge in [0.15, 0.2) is 0 Å². The average Bonchev–Trinajstić information content (AvgIpc) is 2.98. The molecule has 0 radical (unpaired) electrons. The van der Waals surface area contributed by atoms with Crippen LogP contribution in [0.3, 0.4) is 0 Å². The number of fused-ring (bicyclic) bond motifs is 1. The van der Waals surface area contributed by atoms with Gasteiger partial charge in [0.1, 0.15) is 10.6 Å². The van der Waals surface area contributed by atoms with Crippen molar-refractivity contribution >= 4 is 33.3 Å². The molecule has 0 atom stereocenters. The molecule has 0 saturated carbocycles. The summed E-state index contributed by atoms with van der Waals surface area (Å²) < 4.78 is 1.75. The predicted octanol–water partition coefficient (Wildman–Crippen LogP) is 0.977. The van der Waals surface area contributed by atoms with Gasteiger partial charge in [0.25, 0.3) is 0 Å². The number of nitrogens with one attached hydrogen (secondary N) is 1. The van der Waals surface area contributed by atoms with Gasteiger partial charge in [-0.1, -0.05) is 5.21 Å². The van der Waals surface area contributed by atoms with Crippen LogP contribution < -0.4 is 11.1 Å². The summed E-state index contributed by atoms with van der Waals surface area (Å²) in [5, 5.41) is 13.8. The Kier molecular flexibility index (Phi) is 2.77. The third kappa shape index (κ3) is 2.09. The predicted molar refractivity (Wildman–Crippen MR) is 70.3 cm³/mol. The molecular weight excluding hydrogens is 250 g/mol. The highest BCUT2D eigenvalue weighted by Crippen LogP contribution is 2.25. The van der Waals surface area contributed by atoms with Crippen LogP contribution >= 0.6 is 11.3 Å². The fourth-order valence-corrected chi connectivity index (χ4v) is 2.42. The summed E-state index contributed by atoms with van der Waals surface area (Å²) in [4.78, 5) is 9.28. The third-order valence-electron chi connectivity index (χ3n) is 2.45. The molecule has 92 valence electrons. The molecule has 0 aliphatic carbocycles. The molecule has 0 aliphatic heterocycles. The normalized spacial score (nSPS) is 10.9. The number of aromatic nitrogens is 5. The Morgan fingerprint density at radius 2 is 2.33 bits per heavy atom. The molecule has 0 unspecified atom stereocenters. The van der Waals surface area contributed by atoms with E-state index < -0.39 is 0 Å². The maximum Gasteiger partial charge on any atom is 0.223 e. The zero-order chi connectivity index (χ0) is 12.4. The van der Waals surface area contributed by atoms with E-state index in [1.165, 1.54) is 0 Å². The fraction of sp³-hybridized carbons (Fsp3) is 0.200. The Hall–Kier alpha value is -2.22. The van der Waals surface area contributed by atoms with Crippen LogP contribution in [0.1, 0.15) is 0 Å². The third-order valence-corrected chi connectivity index (χ3v) is 3.25. The quantitative estimate of drug-likeness (QED) is 0.727. The molecule has 0 fully saturated rings. The van der Waals surface area contributed by atoms with Crippen molar-refractivity contribution in [2.24, 2.45) is 0 Å². The number of nitrogen functional groups attached to an aromatic ring is 1. The van der Waals surface area contributed by atoms with Crippen LogP contribution in [0.2, 0.25) is 0 Å². The van der Waals surface area contributed by atoms with E-state index in [2.05, 4.69) is 25.6 Å². The molecule has 0 spiro atoms. The van der Waals surface area contributed by atoms with Gasteiger partial charge in [-0.15, -0.1) is 16.4 Å². The molecule has 3 N–H and O–H groups in total. The van der Waals surface area contributed by atoms with Gasteiger partial charge in [-0.3, -0.25) is 4.68 Å². The van der Waals surface area contributed by atoms with E-state index >= 15 is 0 Å². The van der Waals surface area contributed by atoms with Crippen molar-refractivity contribution < 1.29 is 0 Å². The number of nitrogens with two attached hydrogens (primary N) is 1. The molecule has 0 bridgehead atoms. The highest BCUT2D eigenvalue weighted by molar-refractivity contribution is 7.16. The first-order valence-corrected chi connectivity index (χ1v) is 6.29. The minimum Gasteiger partial charge on any atom is -0.368 e. The molecule has 0 saturated heterocycles. The zero-order valence-electron chi connectivity index (χ0n) is 9.45. The number of hydrogen-bond acceptors (Lipinski definition) is 7. The van der Waals surface area contributed by atoms with Crippen molar-refractivity contribution in [2.75, 3.05) is 17.6 Å². The maximum atomic E-state index is 5.67. The van der Waals surface area contributed by atoms with E-state index in [-0.39, 0.29) is 5.95 Å². The van der Waals surface area contributed by atoms with Gasteiger partial charge in [0.2, 0.25) is 5.95 Å². The monoisotopic (exact) mass is 261 g/mol. The van der Waals surface area contributed by atoms with Crippen molar-refractivity contribution in [3.05, 3.63) is 23.8 Å². The Bertz CT molecular complexity index is 645. The lowest BCUT2D eigenvalue weighted by Crippen LogP contribution is -2.12. The molecule has 18 heavy (non-hydrogen) atoms. The topological polar surface area (TPSA) is 94.5 Å². The number of hydrogen-bond donors (Lipinski definition) is 2. The lowest BCUT2D eigenvalue weighted by Gasteiger charge is -2.07. The van der Waals surface area contributed by atoms with Crippen molar-refractivity contribution in [3.8, 4) is 0 Å². The zero-order valence-corrected chi connectivity index (χ0v) is 10.3. The average molecular weight is 261 g/mol. The first kappa shape index (κ1) is 10.9. The van der Waals surface area contributed by atoms with Crippen LogP contribution in [0.5, 0.6) is 0 Å². The minimum atomic E-state index is 0.285. The summed E-state index contributed by atoms with van der Waals surface area (Å²) in [5.41, 5.74) is 5.67. The first-order valence-electron chi connectivity index (χ1n) is 5.41. The lowest BCUT2D eigenvalue weighted by atomic mass is 10.4. The minimum absolute atomic E-state index is 0.285. The van der Waals surface area contributed by atoms with Crippen LogP contribution in [0.15, 0.2) is 23.8 Å². The van der Waals surface area contributed by atoms with Crippen LogP contribution in [-0.4, -0.2) is 31.5 Å². The fourth-order valence-electron chi connectivity index (χ4n) is 1.65. The molecule has 3 heterocycles. The van der Waals surface area contributed by atoms with Gasteiger partial charge < -0.3 is 11.1 Å². The number of anilines is 2. The Labute approximate surface area is 107 Å². The lowest BCUT2D eigenvalue weighted by molar-refractivity contribution is 0.608. The van der Waals surface area contributed by atoms with E-state index in [0.717, 1.165) is 22.6 Å². The summed E-state index contributed by atoms with van der Waals surface area (Å²) in [7, 11) is 0. The summed E-state index contributed by atoms with van der Waals surface area (Å²) in [6, 6.07) is 1.98. The van der Waals surface area contributed by atoms with Gasteiger partial charge in [-0.2, -0.15) is 4.98 Å². The molecule has 3 aromatic heterocycles. The van der Waals surface area contributed by atoms with Crippen LogP contribution in [0.25, 0.3) is 10.2 Å². The Morgan fingerprint density at radius 3 is 3.17 bits per heavy atom. The van der Waals surface area contributed by atoms with E-state index in [1.54, 1.807) is 22.2 Å². The molecule has 0 aromatic carbocycles. The van der Waals surface area contributed by atoms with Gasteiger partial charge >= 0.3 is 0 Å². The van der Waals surface area contributed by atoms with Gasteiger partial charge in [-0.25, -0.2) is 4.98 Å². The van der Waals surface area contributed by atoms with Gasteiger partial charge in [0, 0.05) is 12.7 Å². The molecule has 0 amide bonds. The highest BCUT2D eigenvalue weighted by Gasteiger charge is 2.06. The molecule has 3 aromatic rings. The summed E-state index contributed by atoms with van der Waals surface area (Å²) in [6.45, 7) is 1.42. The Morgan fingerprint density at radius 1 is 1.39 bits per heavy atom. The van der Waals surface area contributed by atoms with Crippen LogP contribution in [0, 0.1) is 0 Å². The van der Waals surface area contributed by atoms with Gasteiger partial charge in [-0.05, 0) is 11.4 Å². The van der Waals surface area contributed by atoms with E-state index in [9.17, 15) is 0 Å². The van der Waals surface area contributed by atoms with Crippen LogP contribution in [-0.2, 0) is 6.54 Å². The molecule has 0 aliphatic rings. The number of rotatable bonds is 4. The number of thiophene rings is 1. The molecular formula is C10H11N7S. The van der Waals surface area contributed by atoms with E-state index in [4.69, 9.17) is 5.73 Å².